The number of ether oxygens (including phenoxy) is 6. The molecule has 10 nitrogen and oxygen atoms in total. The fourth-order valence-electron chi connectivity index (χ4n) is 18.8. The summed E-state index contributed by atoms with van der Waals surface area (Å²) in [6, 6.07) is 9.74. The summed E-state index contributed by atoms with van der Waals surface area (Å²) in [6.45, 7) is 21.8. The third-order valence-corrected chi connectivity index (χ3v) is 23.6. The lowest BCUT2D eigenvalue weighted by atomic mass is 9.33. The van der Waals surface area contributed by atoms with Crippen LogP contribution in [0.3, 0.4) is 0 Å². The average Bonchev–Trinajstić information content (AvgIpc) is 4.26. The quantitative estimate of drug-likeness (QED) is 0.224. The summed E-state index contributed by atoms with van der Waals surface area (Å²) in [5.74, 6) is 5.24. The van der Waals surface area contributed by atoms with Crippen molar-refractivity contribution in [1.82, 2.24) is 9.80 Å². The highest BCUT2D eigenvalue weighted by Crippen LogP contribution is 2.79. The first-order chi connectivity index (χ1) is 33.1. The highest BCUT2D eigenvalue weighted by molar-refractivity contribution is 5.66. The zero-order valence-corrected chi connectivity index (χ0v) is 44.6. The van der Waals surface area contributed by atoms with Gasteiger partial charge in [0, 0.05) is 78.6 Å². The molecule has 8 bridgehead atoms. The average molecular weight is 961 g/mol. The maximum atomic E-state index is 12.3. The van der Waals surface area contributed by atoms with E-state index < -0.39 is 22.4 Å². The van der Waals surface area contributed by atoms with E-state index in [1.165, 1.54) is 61.0 Å². The van der Waals surface area contributed by atoms with Gasteiger partial charge in [0.2, 0.25) is 0 Å². The summed E-state index contributed by atoms with van der Waals surface area (Å²) in [7, 11) is 7.19. The highest BCUT2D eigenvalue weighted by atomic mass is 16.6. The Morgan fingerprint density at radius 1 is 0.600 bits per heavy atom. The molecule has 14 atom stereocenters. The minimum atomic E-state index is -0.930. The van der Waals surface area contributed by atoms with Gasteiger partial charge in [-0.3, -0.25) is 9.80 Å². The molecule has 2 aromatic rings. The van der Waals surface area contributed by atoms with Gasteiger partial charge < -0.3 is 38.6 Å². The maximum Gasteiger partial charge on any atom is 0.166 e. The molecule has 16 rings (SSSR count). The number of rotatable bonds is 10. The SMILES string of the molecule is COc1ccc2c3c1O[C@H]1[C@@]4(OC)C=C[C@@]5(C[C@@H]4[C@](C)(O)C(C)(C)C)[C@@H](C2)N(CC2CC2)CC[C@]315.COc1ccc2c3c1O[C@H]1[C@@]4(OC)CC[C@@]5(C[C@@H]4[C@](C)(O)C(C)(C)C)[C@@H](C2)N(CC2CC2)CC[C@]315. The Bertz CT molecular complexity index is 2520. The molecule has 4 spiro atoms. The molecule has 14 aliphatic rings. The monoisotopic (exact) mass is 961 g/mol. The van der Waals surface area contributed by atoms with Crippen LogP contribution in [-0.4, -0.2) is 121 Å². The third kappa shape index (κ3) is 5.38. The molecule has 6 saturated carbocycles. The number of benzene rings is 2. The van der Waals surface area contributed by atoms with E-state index in [0.29, 0.717) is 12.1 Å². The molecule has 2 aromatic carbocycles. The zero-order valence-electron chi connectivity index (χ0n) is 44.6. The molecular weight excluding hydrogens is 877 g/mol. The molecule has 382 valence electrons. The van der Waals surface area contributed by atoms with E-state index >= 15 is 0 Å². The first kappa shape index (κ1) is 46.9. The van der Waals surface area contributed by atoms with Gasteiger partial charge in [-0.05, 0) is 150 Å². The molecule has 70 heavy (non-hydrogen) atoms. The van der Waals surface area contributed by atoms with Gasteiger partial charge in [-0.15, -0.1) is 0 Å². The van der Waals surface area contributed by atoms with Crippen molar-refractivity contribution in [3.8, 4) is 23.0 Å². The van der Waals surface area contributed by atoms with Crippen molar-refractivity contribution in [2.45, 2.75) is 190 Å². The van der Waals surface area contributed by atoms with Gasteiger partial charge in [0.15, 0.2) is 23.0 Å². The van der Waals surface area contributed by atoms with E-state index in [1.807, 2.05) is 21.1 Å². The Hall–Kier alpha value is -2.86. The summed E-state index contributed by atoms with van der Waals surface area (Å²) >= 11 is 0. The van der Waals surface area contributed by atoms with Crippen molar-refractivity contribution < 1.29 is 38.6 Å². The lowest BCUT2D eigenvalue weighted by molar-refractivity contribution is -0.312. The Morgan fingerprint density at radius 3 is 1.67 bits per heavy atom. The predicted octanol–water partition coefficient (Wildman–Crippen LogP) is 9.21. The van der Waals surface area contributed by atoms with Crippen LogP contribution in [0.2, 0.25) is 0 Å². The molecule has 10 aliphatic carbocycles. The van der Waals surface area contributed by atoms with Gasteiger partial charge in [0.25, 0.3) is 0 Å². The summed E-state index contributed by atoms with van der Waals surface area (Å²) in [5.41, 5.74) is 1.90. The second-order valence-electron chi connectivity index (χ2n) is 27.6. The van der Waals surface area contributed by atoms with E-state index in [4.69, 9.17) is 28.4 Å². The molecule has 4 heterocycles. The second-order valence-corrected chi connectivity index (χ2v) is 27.6. The predicted molar refractivity (Wildman–Crippen MR) is 270 cm³/mol. The molecule has 4 aliphatic heterocycles. The van der Waals surface area contributed by atoms with Crippen LogP contribution in [0.4, 0.5) is 0 Å². The van der Waals surface area contributed by atoms with Crippen LogP contribution in [0, 0.1) is 45.3 Å². The Labute approximate surface area is 418 Å². The van der Waals surface area contributed by atoms with Crippen LogP contribution in [0.25, 0.3) is 0 Å². The molecule has 8 fully saturated rings. The number of piperidine rings is 2. The van der Waals surface area contributed by atoms with Crippen molar-refractivity contribution in [3.63, 3.8) is 0 Å². The zero-order chi connectivity index (χ0) is 49.2. The maximum absolute atomic E-state index is 12.3. The van der Waals surface area contributed by atoms with Crippen LogP contribution < -0.4 is 18.9 Å². The van der Waals surface area contributed by atoms with Crippen LogP contribution in [-0.2, 0) is 33.1 Å². The first-order valence-electron chi connectivity index (χ1n) is 27.6. The fraction of sp³-hybridized carbons (Fsp3) is 0.767. The number of hydrogen-bond donors (Lipinski definition) is 2. The van der Waals surface area contributed by atoms with E-state index in [1.54, 1.807) is 14.2 Å². The van der Waals surface area contributed by atoms with E-state index in [2.05, 4.69) is 94.7 Å². The summed E-state index contributed by atoms with van der Waals surface area (Å²) in [4.78, 5) is 5.67. The molecule has 0 radical (unpaired) electrons. The first-order valence-corrected chi connectivity index (χ1v) is 27.6. The number of aliphatic hydroxyl groups is 2. The van der Waals surface area contributed by atoms with Crippen molar-refractivity contribution in [3.05, 3.63) is 58.7 Å². The lowest BCUT2D eigenvalue weighted by Gasteiger charge is -2.75. The number of hydrogen-bond acceptors (Lipinski definition) is 10. The molecule has 2 saturated heterocycles. The largest absolute Gasteiger partial charge is 0.493 e. The van der Waals surface area contributed by atoms with Crippen molar-refractivity contribution in [2.75, 3.05) is 54.6 Å². The van der Waals surface area contributed by atoms with Gasteiger partial charge in [-0.2, -0.15) is 0 Å². The smallest absolute Gasteiger partial charge is 0.166 e. The lowest BCUT2D eigenvalue weighted by Crippen LogP contribution is -2.83. The third-order valence-electron chi connectivity index (χ3n) is 23.6. The van der Waals surface area contributed by atoms with Crippen molar-refractivity contribution in [1.29, 1.82) is 0 Å². The summed E-state index contributed by atoms with van der Waals surface area (Å²) < 4.78 is 39.1. The normalized spacial score (nSPS) is 42.7. The summed E-state index contributed by atoms with van der Waals surface area (Å²) in [5, 5.41) is 24.5. The minimum absolute atomic E-state index is 0.0112. The standard InChI is InChI=1S/C30H43NO4.C30H41NO4/c2*1-26(2,3)27(4,32)21-16-28-11-12-30(21,34-6)25-29(28)13-14-31(17-18-7-8-18)22(28)15-19-9-10-20(33-5)24(35-25)23(19)29/h9-10,18,21-22,25,32H,7-8,11-17H2,1-6H3;9-12,18,21-22,25,32H,7-8,13-17H2,1-6H3/t2*21-,22-,25-,27+,28-,29+,30-/m11/s1. The second kappa shape index (κ2) is 14.5. The van der Waals surface area contributed by atoms with Crippen LogP contribution in [0.15, 0.2) is 36.4 Å². The van der Waals surface area contributed by atoms with Crippen LogP contribution >= 0.6 is 0 Å². The number of likely N-dealkylation sites (tertiary alicyclic amines) is 2. The number of nitrogens with zero attached hydrogens (tertiary/aromatic N) is 2. The van der Waals surface area contributed by atoms with Gasteiger partial charge in [0.05, 0.1) is 30.8 Å². The van der Waals surface area contributed by atoms with E-state index in [0.717, 1.165) is 99.3 Å². The number of methoxy groups -OCH3 is 4. The van der Waals surface area contributed by atoms with Crippen molar-refractivity contribution >= 4 is 0 Å². The molecule has 10 heteroatoms. The molecule has 0 amide bonds. The number of fused-ring (bicyclic) bond motifs is 3. The van der Waals surface area contributed by atoms with Gasteiger partial charge >= 0.3 is 0 Å². The Morgan fingerprint density at radius 2 is 1.13 bits per heavy atom. The molecule has 0 unspecified atom stereocenters. The molecular formula is C60H84N2O8. The Kier molecular flexibility index (Phi) is 9.71. The Balaban J connectivity index is 0.000000137. The highest BCUT2D eigenvalue weighted by Gasteiger charge is 2.84. The topological polar surface area (TPSA) is 102 Å². The van der Waals surface area contributed by atoms with Gasteiger partial charge in [-0.1, -0.05) is 65.8 Å². The summed E-state index contributed by atoms with van der Waals surface area (Å²) in [6.07, 6.45) is 18.4. The van der Waals surface area contributed by atoms with Gasteiger partial charge in [0.1, 0.15) is 23.4 Å². The molecule has 0 aromatic heterocycles. The van der Waals surface area contributed by atoms with Crippen molar-refractivity contribution in [2.24, 2.45) is 45.3 Å². The van der Waals surface area contributed by atoms with Crippen LogP contribution in [0.1, 0.15) is 142 Å². The fourth-order valence-corrected chi connectivity index (χ4v) is 18.8. The van der Waals surface area contributed by atoms with E-state index in [-0.39, 0.29) is 56.5 Å². The van der Waals surface area contributed by atoms with Crippen LogP contribution in [0.5, 0.6) is 23.0 Å². The van der Waals surface area contributed by atoms with E-state index in [9.17, 15) is 10.2 Å². The minimum Gasteiger partial charge on any atom is -0.493 e. The molecule has 2 N–H and O–H groups in total. The van der Waals surface area contributed by atoms with Gasteiger partial charge in [-0.25, -0.2) is 0 Å².